The molecule has 1 amide bonds. The van der Waals surface area contributed by atoms with Gasteiger partial charge in [-0.2, -0.15) is 0 Å². The minimum atomic E-state index is -0.395. The smallest absolute Gasteiger partial charge is 0.230 e. The first-order chi connectivity index (χ1) is 12.1. The van der Waals surface area contributed by atoms with Crippen molar-refractivity contribution in [2.24, 2.45) is 0 Å². The van der Waals surface area contributed by atoms with Crippen molar-refractivity contribution in [3.63, 3.8) is 0 Å². The fourth-order valence-corrected chi connectivity index (χ4v) is 2.37. The summed E-state index contributed by atoms with van der Waals surface area (Å²) in [7, 11) is 0. The summed E-state index contributed by atoms with van der Waals surface area (Å²) in [5.74, 6) is -0.313. The van der Waals surface area contributed by atoms with Gasteiger partial charge < -0.3 is 10.6 Å². The predicted octanol–water partition coefficient (Wildman–Crippen LogP) is 4.80. The van der Waals surface area contributed by atoms with Crippen molar-refractivity contribution in [3.05, 3.63) is 83.3 Å². The fourth-order valence-electron chi connectivity index (χ4n) is 2.24. The molecule has 0 radical (unpaired) electrons. The Hall–Kier alpha value is -2.92. The van der Waals surface area contributed by atoms with E-state index in [2.05, 4.69) is 15.6 Å². The van der Waals surface area contributed by atoms with Crippen molar-refractivity contribution in [2.75, 3.05) is 10.6 Å². The Kier molecular flexibility index (Phi) is 5.26. The summed E-state index contributed by atoms with van der Waals surface area (Å²) in [4.78, 5) is 16.2. The van der Waals surface area contributed by atoms with Crippen LogP contribution in [0.25, 0.3) is 0 Å². The highest BCUT2D eigenvalue weighted by atomic mass is 35.5. The quantitative estimate of drug-likeness (QED) is 0.691. The number of anilines is 3. The maximum Gasteiger partial charge on any atom is 0.230 e. The number of pyridine rings is 1. The maximum absolute atomic E-state index is 13.6. The summed E-state index contributed by atoms with van der Waals surface area (Å²) in [5.41, 5.74) is 2.00. The molecule has 0 aliphatic rings. The molecule has 2 N–H and O–H groups in total. The molecule has 1 heterocycles. The molecule has 3 aromatic rings. The summed E-state index contributed by atoms with van der Waals surface area (Å²) >= 11 is 5.85. The van der Waals surface area contributed by atoms with Crippen LogP contribution in [0.3, 0.4) is 0 Å². The Morgan fingerprint density at radius 1 is 1.00 bits per heavy atom. The first-order valence-corrected chi connectivity index (χ1v) is 8.00. The number of nitrogens with zero attached hydrogens (tertiary/aromatic N) is 1. The third kappa shape index (κ3) is 4.78. The molecule has 0 saturated heterocycles. The van der Waals surface area contributed by atoms with E-state index in [1.807, 2.05) is 12.1 Å². The van der Waals surface area contributed by atoms with Gasteiger partial charge in [-0.3, -0.25) is 4.79 Å². The molecule has 2 aromatic carbocycles. The number of hydrogen-bond acceptors (Lipinski definition) is 3. The van der Waals surface area contributed by atoms with Crippen molar-refractivity contribution < 1.29 is 9.18 Å². The topological polar surface area (TPSA) is 54.0 Å². The largest absolute Gasteiger partial charge is 0.354 e. The Morgan fingerprint density at radius 3 is 2.40 bits per heavy atom. The minimum absolute atomic E-state index is 0.0425. The van der Waals surface area contributed by atoms with Crippen LogP contribution in [0, 0.1) is 5.82 Å². The summed E-state index contributed by atoms with van der Waals surface area (Å²) in [6.07, 6.45) is 1.56. The number of amides is 1. The average Bonchev–Trinajstić information content (AvgIpc) is 2.61. The van der Waals surface area contributed by atoms with E-state index in [4.69, 9.17) is 11.6 Å². The zero-order valence-electron chi connectivity index (χ0n) is 13.2. The van der Waals surface area contributed by atoms with Crippen LogP contribution < -0.4 is 10.6 Å². The van der Waals surface area contributed by atoms with Crippen LogP contribution in [0.2, 0.25) is 5.02 Å². The van der Waals surface area contributed by atoms with Crippen molar-refractivity contribution in [1.29, 1.82) is 0 Å². The van der Waals surface area contributed by atoms with Gasteiger partial charge in [0.1, 0.15) is 11.6 Å². The number of rotatable bonds is 5. The molecule has 0 saturated carbocycles. The van der Waals surface area contributed by atoms with Gasteiger partial charge in [0.15, 0.2) is 0 Å². The van der Waals surface area contributed by atoms with E-state index in [1.54, 1.807) is 48.7 Å². The molecule has 25 heavy (non-hydrogen) atoms. The van der Waals surface area contributed by atoms with Gasteiger partial charge in [-0.25, -0.2) is 9.37 Å². The highest BCUT2D eigenvalue weighted by Crippen LogP contribution is 2.19. The zero-order chi connectivity index (χ0) is 17.6. The molecular weight excluding hydrogens is 341 g/mol. The highest BCUT2D eigenvalue weighted by Gasteiger charge is 2.08. The molecular formula is C19H15ClFN3O. The first kappa shape index (κ1) is 16.9. The van der Waals surface area contributed by atoms with Gasteiger partial charge in [0.2, 0.25) is 5.91 Å². The SMILES string of the molecule is O=C(Cc1ccccc1F)Nc1ccc(Nc2ccc(Cl)cc2)cn1. The third-order valence-electron chi connectivity index (χ3n) is 3.47. The van der Waals surface area contributed by atoms with Crippen LogP contribution in [0.15, 0.2) is 66.9 Å². The molecule has 3 rings (SSSR count). The Morgan fingerprint density at radius 2 is 1.72 bits per heavy atom. The number of carbonyl (C=O) groups is 1. The summed E-state index contributed by atoms with van der Waals surface area (Å²) in [6, 6.07) is 16.9. The van der Waals surface area contributed by atoms with Gasteiger partial charge in [0.05, 0.1) is 18.3 Å². The molecule has 126 valence electrons. The lowest BCUT2D eigenvalue weighted by atomic mass is 10.1. The molecule has 0 spiro atoms. The van der Waals surface area contributed by atoms with E-state index in [9.17, 15) is 9.18 Å². The van der Waals surface area contributed by atoms with Crippen LogP contribution in [0.5, 0.6) is 0 Å². The molecule has 0 aliphatic heterocycles. The average molecular weight is 356 g/mol. The normalized spacial score (nSPS) is 10.3. The maximum atomic E-state index is 13.6. The standard InChI is InChI=1S/C19H15ClFN3O/c20-14-5-7-15(8-6-14)23-16-9-10-18(22-12-16)24-19(25)11-13-3-1-2-4-17(13)21/h1-10,12,23H,11H2,(H,22,24,25). The van der Waals surface area contributed by atoms with Gasteiger partial charge >= 0.3 is 0 Å². The molecule has 1 aromatic heterocycles. The predicted molar refractivity (Wildman–Crippen MR) is 97.7 cm³/mol. The fraction of sp³-hybridized carbons (Fsp3) is 0.0526. The second-order valence-electron chi connectivity index (χ2n) is 5.38. The second kappa shape index (κ2) is 7.77. The van der Waals surface area contributed by atoms with Gasteiger partial charge in [0, 0.05) is 10.7 Å². The first-order valence-electron chi connectivity index (χ1n) is 7.62. The lowest BCUT2D eigenvalue weighted by molar-refractivity contribution is -0.115. The van der Waals surface area contributed by atoms with Crippen LogP contribution >= 0.6 is 11.6 Å². The Labute approximate surface area is 149 Å². The van der Waals surface area contributed by atoms with Crippen LogP contribution in [0.1, 0.15) is 5.56 Å². The van der Waals surface area contributed by atoms with Crippen molar-refractivity contribution in [1.82, 2.24) is 4.98 Å². The summed E-state index contributed by atoms with van der Waals surface area (Å²) in [5, 5.41) is 6.49. The van der Waals surface area contributed by atoms with E-state index in [1.165, 1.54) is 6.07 Å². The number of carbonyl (C=O) groups excluding carboxylic acids is 1. The van der Waals surface area contributed by atoms with Crippen LogP contribution in [0.4, 0.5) is 21.6 Å². The Balaban J connectivity index is 1.59. The van der Waals surface area contributed by atoms with Gasteiger partial charge in [0.25, 0.3) is 0 Å². The summed E-state index contributed by atoms with van der Waals surface area (Å²) < 4.78 is 13.6. The van der Waals surface area contributed by atoms with E-state index in [0.29, 0.717) is 16.4 Å². The Bertz CT molecular complexity index is 867. The van der Waals surface area contributed by atoms with Crippen LogP contribution in [-0.4, -0.2) is 10.9 Å². The molecule has 4 nitrogen and oxygen atoms in total. The highest BCUT2D eigenvalue weighted by molar-refractivity contribution is 6.30. The molecule has 0 atom stereocenters. The van der Waals surface area contributed by atoms with Crippen molar-refractivity contribution in [2.45, 2.75) is 6.42 Å². The number of benzene rings is 2. The third-order valence-corrected chi connectivity index (χ3v) is 3.72. The van der Waals surface area contributed by atoms with Crippen LogP contribution in [-0.2, 0) is 11.2 Å². The number of aromatic nitrogens is 1. The number of hydrogen-bond donors (Lipinski definition) is 2. The van der Waals surface area contributed by atoms with Gasteiger partial charge in [-0.15, -0.1) is 0 Å². The lowest BCUT2D eigenvalue weighted by Crippen LogP contribution is -2.16. The van der Waals surface area contributed by atoms with Gasteiger partial charge in [-0.05, 0) is 48.0 Å². The lowest BCUT2D eigenvalue weighted by Gasteiger charge is -2.08. The van der Waals surface area contributed by atoms with E-state index < -0.39 is 5.82 Å². The molecule has 0 fully saturated rings. The van der Waals surface area contributed by atoms with Gasteiger partial charge in [-0.1, -0.05) is 29.8 Å². The monoisotopic (exact) mass is 355 g/mol. The molecule has 0 unspecified atom stereocenters. The molecule has 6 heteroatoms. The van der Waals surface area contributed by atoms with E-state index >= 15 is 0 Å². The number of nitrogens with one attached hydrogen (secondary N) is 2. The molecule has 0 aliphatic carbocycles. The summed E-state index contributed by atoms with van der Waals surface area (Å²) in [6.45, 7) is 0. The van der Waals surface area contributed by atoms with E-state index in [-0.39, 0.29) is 12.3 Å². The second-order valence-corrected chi connectivity index (χ2v) is 5.82. The zero-order valence-corrected chi connectivity index (χ0v) is 13.9. The van der Waals surface area contributed by atoms with E-state index in [0.717, 1.165) is 11.4 Å². The number of halogens is 2. The van der Waals surface area contributed by atoms with Crippen molar-refractivity contribution in [3.8, 4) is 0 Å². The van der Waals surface area contributed by atoms with Crippen molar-refractivity contribution >= 4 is 34.7 Å². The molecule has 0 bridgehead atoms. The minimum Gasteiger partial charge on any atom is -0.354 e.